The van der Waals surface area contributed by atoms with Crippen LogP contribution in [0.1, 0.15) is 12.0 Å². The summed E-state index contributed by atoms with van der Waals surface area (Å²) < 4.78 is 0. The van der Waals surface area contributed by atoms with E-state index in [4.69, 9.17) is 0 Å². The van der Waals surface area contributed by atoms with Gasteiger partial charge in [0.1, 0.15) is 0 Å². The van der Waals surface area contributed by atoms with Gasteiger partial charge in [0.2, 0.25) is 5.91 Å². The smallest absolute Gasteiger partial charge is 0.269 e. The zero-order valence-corrected chi connectivity index (χ0v) is 11.0. The van der Waals surface area contributed by atoms with Crippen molar-refractivity contribution >= 4 is 33.2 Å². The van der Waals surface area contributed by atoms with Gasteiger partial charge < -0.3 is 10.0 Å². The zero-order chi connectivity index (χ0) is 13.3. The van der Waals surface area contributed by atoms with Gasteiger partial charge in [0, 0.05) is 41.2 Å². The lowest BCUT2D eigenvalue weighted by molar-refractivity contribution is -0.384. The number of halogens is 1. The highest BCUT2D eigenvalue weighted by atomic mass is 79.9. The van der Waals surface area contributed by atoms with Crippen molar-refractivity contribution in [3.8, 4) is 0 Å². The van der Waals surface area contributed by atoms with Crippen molar-refractivity contribution < 1.29 is 14.8 Å². The Labute approximate surface area is 111 Å². The number of hydrogen-bond donors (Lipinski definition) is 1. The lowest BCUT2D eigenvalue weighted by Gasteiger charge is -2.18. The molecule has 1 aliphatic rings. The monoisotopic (exact) mass is 314 g/mol. The second kappa shape index (κ2) is 5.03. The fourth-order valence-corrected chi connectivity index (χ4v) is 2.54. The topological polar surface area (TPSA) is 83.7 Å². The Hall–Kier alpha value is -1.47. The number of aliphatic hydroxyl groups is 1. The van der Waals surface area contributed by atoms with Crippen molar-refractivity contribution in [2.24, 2.45) is 0 Å². The number of carbonyl (C=O) groups excluding carboxylic acids is 1. The molecule has 1 saturated heterocycles. The van der Waals surface area contributed by atoms with E-state index in [1.165, 1.54) is 23.1 Å². The van der Waals surface area contributed by atoms with Gasteiger partial charge in [-0.25, -0.2) is 0 Å². The second-order valence-corrected chi connectivity index (χ2v) is 5.33. The lowest BCUT2D eigenvalue weighted by atomic mass is 10.1. The molecule has 0 aromatic heterocycles. The molecule has 1 heterocycles. The molecule has 7 heteroatoms. The predicted octanol–water partition coefficient (Wildman–Crippen LogP) is 1.59. The summed E-state index contributed by atoms with van der Waals surface area (Å²) in [5.74, 6) is -0.0552. The summed E-state index contributed by atoms with van der Waals surface area (Å²) >= 11 is 3.37. The van der Waals surface area contributed by atoms with Crippen molar-refractivity contribution in [1.29, 1.82) is 0 Å². The molecule has 1 unspecified atom stereocenters. The van der Waals surface area contributed by atoms with Crippen LogP contribution in [-0.2, 0) is 11.4 Å². The highest BCUT2D eigenvalue weighted by Crippen LogP contribution is 2.30. The van der Waals surface area contributed by atoms with Crippen LogP contribution in [0.4, 0.5) is 11.4 Å². The number of anilines is 1. The SMILES string of the molecule is O=C1CC(Br)CN1c1ccc([N+](=O)[O-])cc1CO. The normalized spacial score (nSPS) is 19.3. The molecule has 0 spiro atoms. The van der Waals surface area contributed by atoms with Crippen molar-refractivity contribution in [2.45, 2.75) is 17.9 Å². The number of aliphatic hydroxyl groups excluding tert-OH is 1. The van der Waals surface area contributed by atoms with Crippen LogP contribution in [0, 0.1) is 10.1 Å². The number of hydrogen-bond acceptors (Lipinski definition) is 4. The Morgan fingerprint density at radius 1 is 1.56 bits per heavy atom. The van der Waals surface area contributed by atoms with Gasteiger partial charge in [0.25, 0.3) is 5.69 Å². The minimum atomic E-state index is -0.526. The Kier molecular flexibility index (Phi) is 3.63. The van der Waals surface area contributed by atoms with E-state index in [2.05, 4.69) is 15.9 Å². The number of carbonyl (C=O) groups is 1. The zero-order valence-electron chi connectivity index (χ0n) is 9.38. The average molecular weight is 315 g/mol. The first kappa shape index (κ1) is 13.0. The van der Waals surface area contributed by atoms with E-state index in [0.717, 1.165) is 0 Å². The van der Waals surface area contributed by atoms with E-state index in [1.807, 2.05) is 0 Å². The van der Waals surface area contributed by atoms with Crippen LogP contribution >= 0.6 is 15.9 Å². The van der Waals surface area contributed by atoms with Gasteiger partial charge >= 0.3 is 0 Å². The highest BCUT2D eigenvalue weighted by molar-refractivity contribution is 9.09. The van der Waals surface area contributed by atoms with Gasteiger partial charge in [0.05, 0.1) is 11.5 Å². The number of nitro groups is 1. The van der Waals surface area contributed by atoms with Crippen molar-refractivity contribution in [3.05, 3.63) is 33.9 Å². The molecule has 0 aliphatic carbocycles. The van der Waals surface area contributed by atoms with Gasteiger partial charge in [-0.15, -0.1) is 0 Å². The predicted molar refractivity (Wildman–Crippen MR) is 68.7 cm³/mol. The third-order valence-electron chi connectivity index (χ3n) is 2.81. The molecule has 1 amide bonds. The van der Waals surface area contributed by atoms with Crippen molar-refractivity contribution in [1.82, 2.24) is 0 Å². The molecule has 1 fully saturated rings. The van der Waals surface area contributed by atoms with Crippen molar-refractivity contribution in [2.75, 3.05) is 11.4 Å². The number of alkyl halides is 1. The maximum Gasteiger partial charge on any atom is 0.269 e. The number of rotatable bonds is 3. The third-order valence-corrected chi connectivity index (χ3v) is 3.43. The molecule has 0 radical (unpaired) electrons. The first-order chi connectivity index (χ1) is 8.52. The van der Waals surface area contributed by atoms with Gasteiger partial charge in [-0.1, -0.05) is 15.9 Å². The minimum absolute atomic E-state index is 0.0552. The third kappa shape index (κ3) is 2.37. The van der Waals surface area contributed by atoms with Crippen LogP contribution < -0.4 is 4.90 Å². The van der Waals surface area contributed by atoms with Gasteiger partial charge in [-0.05, 0) is 6.07 Å². The Morgan fingerprint density at radius 2 is 2.28 bits per heavy atom. The fraction of sp³-hybridized carbons (Fsp3) is 0.364. The molecule has 1 atom stereocenters. The number of non-ortho nitro benzene ring substituents is 1. The molecular weight excluding hydrogens is 304 g/mol. The quantitative estimate of drug-likeness (QED) is 0.521. The summed E-state index contributed by atoms with van der Waals surface area (Å²) in [6, 6.07) is 4.14. The molecule has 0 bridgehead atoms. The molecule has 1 N–H and O–H groups in total. The molecule has 0 saturated carbocycles. The van der Waals surface area contributed by atoms with Gasteiger partial charge in [-0.3, -0.25) is 14.9 Å². The Morgan fingerprint density at radius 3 is 2.78 bits per heavy atom. The molecule has 18 heavy (non-hydrogen) atoms. The second-order valence-electron chi connectivity index (χ2n) is 4.03. The number of benzene rings is 1. The van der Waals surface area contributed by atoms with E-state index < -0.39 is 4.92 Å². The Balaban J connectivity index is 2.39. The summed E-state index contributed by atoms with van der Waals surface area (Å²) in [5, 5.41) is 19.9. The van der Waals surface area contributed by atoms with E-state index in [-0.39, 0.29) is 23.0 Å². The molecular formula is C11H11BrN2O4. The van der Waals surface area contributed by atoms with E-state index >= 15 is 0 Å². The minimum Gasteiger partial charge on any atom is -0.392 e. The fourth-order valence-electron chi connectivity index (χ4n) is 1.97. The largest absolute Gasteiger partial charge is 0.392 e. The summed E-state index contributed by atoms with van der Waals surface area (Å²) in [6.07, 6.45) is 0.391. The first-order valence-electron chi connectivity index (χ1n) is 5.35. The molecule has 1 aromatic rings. The van der Waals surface area contributed by atoms with E-state index in [9.17, 15) is 20.0 Å². The average Bonchev–Trinajstić information content (AvgIpc) is 2.67. The van der Waals surface area contributed by atoms with Crippen LogP contribution in [0.15, 0.2) is 18.2 Å². The molecule has 2 rings (SSSR count). The van der Waals surface area contributed by atoms with Crippen molar-refractivity contribution in [3.63, 3.8) is 0 Å². The summed E-state index contributed by atoms with van der Waals surface area (Å²) in [6.45, 7) is 0.164. The summed E-state index contributed by atoms with van der Waals surface area (Å²) in [4.78, 5) is 23.5. The van der Waals surface area contributed by atoms with Crippen LogP contribution in [0.5, 0.6) is 0 Å². The standard InChI is InChI=1S/C11H11BrN2O4/c12-8-4-11(16)13(5-8)10-2-1-9(14(17)18)3-7(10)6-15/h1-3,8,15H,4-6H2. The van der Waals surface area contributed by atoms with E-state index in [1.54, 1.807) is 0 Å². The molecule has 1 aliphatic heterocycles. The van der Waals surface area contributed by atoms with Gasteiger partial charge in [-0.2, -0.15) is 0 Å². The summed E-state index contributed by atoms with van der Waals surface area (Å²) in [7, 11) is 0. The van der Waals surface area contributed by atoms with Crippen LogP contribution in [0.25, 0.3) is 0 Å². The number of nitrogens with zero attached hydrogens (tertiary/aromatic N) is 2. The number of amides is 1. The highest BCUT2D eigenvalue weighted by Gasteiger charge is 2.30. The molecule has 96 valence electrons. The van der Waals surface area contributed by atoms with E-state index in [0.29, 0.717) is 24.2 Å². The maximum absolute atomic E-state index is 11.8. The van der Waals surface area contributed by atoms with Gasteiger partial charge in [0.15, 0.2) is 0 Å². The van der Waals surface area contributed by atoms with Crippen LogP contribution in [-0.4, -0.2) is 27.3 Å². The maximum atomic E-state index is 11.8. The van der Waals surface area contributed by atoms with Crippen LogP contribution in [0.3, 0.4) is 0 Å². The van der Waals surface area contributed by atoms with Crippen LogP contribution in [0.2, 0.25) is 0 Å². The molecule has 6 nitrogen and oxygen atoms in total. The number of nitro benzene ring substituents is 1. The Bertz CT molecular complexity index is 506. The first-order valence-corrected chi connectivity index (χ1v) is 6.27. The summed E-state index contributed by atoms with van der Waals surface area (Å²) in [5.41, 5.74) is 0.832. The molecule has 1 aromatic carbocycles. The lowest BCUT2D eigenvalue weighted by Crippen LogP contribution is -2.25.